The van der Waals surface area contributed by atoms with Crippen LogP contribution in [0.3, 0.4) is 0 Å². The summed E-state index contributed by atoms with van der Waals surface area (Å²) in [5.41, 5.74) is 1.65. The topological polar surface area (TPSA) is 56.0 Å². The molecule has 0 atom stereocenters. The van der Waals surface area contributed by atoms with Gasteiger partial charge in [-0.3, -0.25) is 4.79 Å². The Hall–Kier alpha value is -2.89. The Labute approximate surface area is 159 Å². The van der Waals surface area contributed by atoms with E-state index in [-0.39, 0.29) is 5.91 Å². The van der Waals surface area contributed by atoms with E-state index in [1.807, 2.05) is 60.7 Å². The van der Waals surface area contributed by atoms with Crippen molar-refractivity contribution in [3.63, 3.8) is 0 Å². The van der Waals surface area contributed by atoms with Gasteiger partial charge < -0.3 is 9.47 Å². The molecule has 3 aromatic rings. The normalized spacial score (nSPS) is 15.2. The van der Waals surface area contributed by atoms with Crippen LogP contribution in [0.25, 0.3) is 5.69 Å². The van der Waals surface area contributed by atoms with E-state index in [0.29, 0.717) is 5.92 Å². The molecule has 1 aliphatic heterocycles. The summed E-state index contributed by atoms with van der Waals surface area (Å²) in [6, 6.07) is 9.58. The minimum atomic E-state index is 0.118. The van der Waals surface area contributed by atoms with Crippen molar-refractivity contribution in [2.24, 2.45) is 5.92 Å². The minimum absolute atomic E-state index is 0.118. The van der Waals surface area contributed by atoms with E-state index in [0.717, 1.165) is 56.0 Å². The van der Waals surface area contributed by atoms with Crippen molar-refractivity contribution >= 4 is 5.91 Å². The van der Waals surface area contributed by atoms with Crippen LogP contribution in [0.2, 0.25) is 0 Å². The van der Waals surface area contributed by atoms with E-state index in [1.165, 1.54) is 0 Å². The van der Waals surface area contributed by atoms with Crippen molar-refractivity contribution in [3.05, 3.63) is 66.5 Å². The summed E-state index contributed by atoms with van der Waals surface area (Å²) in [4.78, 5) is 19.2. The highest BCUT2D eigenvalue weighted by molar-refractivity contribution is 5.94. The third kappa shape index (κ3) is 3.94. The lowest BCUT2D eigenvalue weighted by Gasteiger charge is -2.32. The minimum Gasteiger partial charge on any atom is -0.339 e. The fraction of sp³-hybridized carbons (Fsp3) is 0.381. The molecule has 27 heavy (non-hydrogen) atoms. The summed E-state index contributed by atoms with van der Waals surface area (Å²) >= 11 is 0. The van der Waals surface area contributed by atoms with Crippen LogP contribution in [0.15, 0.2) is 55.1 Å². The smallest absolute Gasteiger partial charge is 0.253 e. The number of nitrogens with zero attached hydrogens (tertiary/aromatic N) is 5. The average Bonchev–Trinajstić information content (AvgIpc) is 3.38. The van der Waals surface area contributed by atoms with E-state index in [2.05, 4.69) is 14.6 Å². The van der Waals surface area contributed by atoms with E-state index < -0.39 is 0 Å². The Morgan fingerprint density at radius 2 is 2.00 bits per heavy atom. The van der Waals surface area contributed by atoms with Crippen molar-refractivity contribution in [2.45, 2.75) is 32.7 Å². The largest absolute Gasteiger partial charge is 0.339 e. The quantitative estimate of drug-likeness (QED) is 0.699. The molecule has 1 amide bonds. The molecule has 140 valence electrons. The third-order valence-electron chi connectivity index (χ3n) is 5.47. The molecular formula is C21H25N5O. The van der Waals surface area contributed by atoms with Gasteiger partial charge in [0.05, 0.1) is 5.69 Å². The number of aryl methyl sites for hydroxylation is 2. The Balaban J connectivity index is 1.33. The molecule has 0 bridgehead atoms. The maximum Gasteiger partial charge on any atom is 0.253 e. The number of piperidine rings is 1. The molecule has 0 radical (unpaired) electrons. The van der Waals surface area contributed by atoms with E-state index >= 15 is 0 Å². The Morgan fingerprint density at radius 3 is 2.70 bits per heavy atom. The molecule has 6 nitrogen and oxygen atoms in total. The van der Waals surface area contributed by atoms with Crippen molar-refractivity contribution in [2.75, 3.05) is 13.1 Å². The molecule has 1 aromatic carbocycles. The lowest BCUT2D eigenvalue weighted by molar-refractivity contribution is 0.0685. The van der Waals surface area contributed by atoms with E-state index in [1.54, 1.807) is 10.9 Å². The number of carbonyl (C=O) groups is 1. The Kier molecular flexibility index (Phi) is 5.05. The summed E-state index contributed by atoms with van der Waals surface area (Å²) < 4.78 is 3.99. The molecule has 1 fully saturated rings. The fourth-order valence-electron chi connectivity index (χ4n) is 3.77. The standard InChI is InChI=1S/C21H25N5O/c1-17-22-10-15-24(17)12-6-18-7-13-25(14-8-18)21(27)19-4-2-5-20(16-19)26-11-3-9-23-26/h2-5,9-11,15-16,18H,6-8,12-14H2,1H3. The SMILES string of the molecule is Cc1nccn1CCC1CCN(C(=O)c2cccc(-n3cccn3)c2)CC1. The van der Waals surface area contributed by atoms with Gasteiger partial charge >= 0.3 is 0 Å². The molecule has 0 saturated carbocycles. The zero-order valence-electron chi connectivity index (χ0n) is 15.7. The van der Waals surface area contributed by atoms with Gasteiger partial charge in [-0.05, 0) is 56.4 Å². The fourth-order valence-corrected chi connectivity index (χ4v) is 3.77. The predicted octanol–water partition coefficient (Wildman–Crippen LogP) is 3.32. The number of hydrogen-bond acceptors (Lipinski definition) is 3. The summed E-state index contributed by atoms with van der Waals surface area (Å²) in [6.45, 7) is 4.71. The van der Waals surface area contributed by atoms with Gasteiger partial charge in [-0.1, -0.05) is 6.07 Å². The van der Waals surface area contributed by atoms with Crippen LogP contribution in [-0.2, 0) is 6.54 Å². The molecule has 6 heteroatoms. The van der Waals surface area contributed by atoms with Crippen molar-refractivity contribution in [1.82, 2.24) is 24.2 Å². The van der Waals surface area contributed by atoms with Crippen LogP contribution in [0, 0.1) is 12.8 Å². The number of hydrogen-bond donors (Lipinski definition) is 0. The first kappa shape index (κ1) is 17.5. The number of carbonyl (C=O) groups excluding carboxylic acids is 1. The zero-order chi connectivity index (χ0) is 18.6. The summed E-state index contributed by atoms with van der Waals surface area (Å²) in [5.74, 6) is 1.86. The van der Waals surface area contributed by atoms with Gasteiger partial charge in [0.25, 0.3) is 5.91 Å². The number of likely N-dealkylation sites (tertiary alicyclic amines) is 1. The first-order valence-corrected chi connectivity index (χ1v) is 9.58. The van der Waals surface area contributed by atoms with Crippen molar-refractivity contribution in [1.29, 1.82) is 0 Å². The number of rotatable bonds is 5. The monoisotopic (exact) mass is 363 g/mol. The highest BCUT2D eigenvalue weighted by Crippen LogP contribution is 2.23. The highest BCUT2D eigenvalue weighted by atomic mass is 16.2. The molecule has 0 N–H and O–H groups in total. The number of amides is 1. The first-order valence-electron chi connectivity index (χ1n) is 9.58. The third-order valence-corrected chi connectivity index (χ3v) is 5.47. The van der Waals surface area contributed by atoms with E-state index in [9.17, 15) is 4.79 Å². The maximum absolute atomic E-state index is 12.9. The summed E-state index contributed by atoms with van der Waals surface area (Å²) in [7, 11) is 0. The molecule has 1 aliphatic rings. The number of imidazole rings is 1. The van der Waals surface area contributed by atoms with Crippen LogP contribution >= 0.6 is 0 Å². The molecule has 0 aliphatic carbocycles. The summed E-state index contributed by atoms with van der Waals surface area (Å²) in [6.07, 6.45) is 10.8. The van der Waals surface area contributed by atoms with Gasteiger partial charge in [-0.2, -0.15) is 5.10 Å². The molecule has 3 heterocycles. The molecular weight excluding hydrogens is 338 g/mol. The molecule has 0 unspecified atom stereocenters. The second-order valence-electron chi connectivity index (χ2n) is 7.19. The van der Waals surface area contributed by atoms with Gasteiger partial charge in [0.1, 0.15) is 5.82 Å². The van der Waals surface area contributed by atoms with E-state index in [4.69, 9.17) is 0 Å². The Bertz CT molecular complexity index is 891. The average molecular weight is 363 g/mol. The molecule has 1 saturated heterocycles. The zero-order valence-corrected chi connectivity index (χ0v) is 15.7. The van der Waals surface area contributed by atoms with Gasteiger partial charge in [-0.25, -0.2) is 9.67 Å². The lowest BCUT2D eigenvalue weighted by Crippen LogP contribution is -2.38. The van der Waals surface area contributed by atoms with Gasteiger partial charge in [0.2, 0.25) is 0 Å². The molecule has 0 spiro atoms. The Morgan fingerprint density at radius 1 is 1.15 bits per heavy atom. The van der Waals surface area contributed by atoms with Gasteiger partial charge in [0.15, 0.2) is 0 Å². The van der Waals surface area contributed by atoms with Crippen LogP contribution < -0.4 is 0 Å². The summed E-state index contributed by atoms with van der Waals surface area (Å²) in [5, 5.41) is 4.24. The van der Waals surface area contributed by atoms with Crippen molar-refractivity contribution in [3.8, 4) is 5.69 Å². The van der Waals surface area contributed by atoms with Crippen LogP contribution in [0.5, 0.6) is 0 Å². The van der Waals surface area contributed by atoms with Crippen LogP contribution in [-0.4, -0.2) is 43.2 Å². The predicted molar refractivity (Wildman–Crippen MR) is 104 cm³/mol. The number of aromatic nitrogens is 4. The second-order valence-corrected chi connectivity index (χ2v) is 7.19. The first-order chi connectivity index (χ1) is 13.2. The maximum atomic E-state index is 12.9. The van der Waals surface area contributed by atoms with Crippen molar-refractivity contribution < 1.29 is 4.79 Å². The molecule has 4 rings (SSSR count). The van der Waals surface area contributed by atoms with Gasteiger partial charge in [-0.15, -0.1) is 0 Å². The van der Waals surface area contributed by atoms with Crippen LogP contribution in [0.4, 0.5) is 0 Å². The lowest BCUT2D eigenvalue weighted by atomic mass is 9.93. The van der Waals surface area contributed by atoms with Gasteiger partial charge in [0, 0.05) is 50.0 Å². The highest BCUT2D eigenvalue weighted by Gasteiger charge is 2.23. The number of benzene rings is 1. The second kappa shape index (κ2) is 7.78. The van der Waals surface area contributed by atoms with Crippen LogP contribution in [0.1, 0.15) is 35.4 Å². The molecule has 2 aromatic heterocycles.